The molecule has 0 heterocycles. The van der Waals surface area contributed by atoms with E-state index >= 15 is 0 Å². The van der Waals surface area contributed by atoms with Crippen molar-refractivity contribution < 1.29 is 0 Å². The van der Waals surface area contributed by atoms with Crippen LogP contribution in [-0.2, 0) is 19.4 Å². The molecule has 1 aliphatic carbocycles. The Morgan fingerprint density at radius 1 is 1.24 bits per heavy atom. The standard InChI is InChI=1S/C15H24N2/c1-16-9-4-10-17(2)12-13-7-8-14-5-3-6-15(14)11-13/h7-8,11,16H,3-6,9-10,12H2,1-2H3. The second kappa shape index (κ2) is 6.18. The van der Waals surface area contributed by atoms with Gasteiger partial charge in [0, 0.05) is 6.54 Å². The summed E-state index contributed by atoms with van der Waals surface area (Å²) in [6, 6.07) is 7.05. The Labute approximate surface area is 105 Å². The number of hydrogen-bond donors (Lipinski definition) is 1. The van der Waals surface area contributed by atoms with E-state index in [1.54, 1.807) is 11.1 Å². The maximum atomic E-state index is 3.19. The van der Waals surface area contributed by atoms with Gasteiger partial charge in [0.05, 0.1) is 0 Å². The predicted molar refractivity (Wildman–Crippen MR) is 73.3 cm³/mol. The fourth-order valence-corrected chi connectivity index (χ4v) is 2.64. The van der Waals surface area contributed by atoms with Crippen molar-refractivity contribution in [1.29, 1.82) is 0 Å². The van der Waals surface area contributed by atoms with Crippen LogP contribution in [0.3, 0.4) is 0 Å². The lowest BCUT2D eigenvalue weighted by Crippen LogP contribution is -2.22. The van der Waals surface area contributed by atoms with Crippen LogP contribution >= 0.6 is 0 Å². The summed E-state index contributed by atoms with van der Waals surface area (Å²) < 4.78 is 0. The first-order valence-electron chi connectivity index (χ1n) is 6.73. The zero-order chi connectivity index (χ0) is 12.1. The van der Waals surface area contributed by atoms with Crippen LogP contribution < -0.4 is 5.32 Å². The SMILES string of the molecule is CNCCCN(C)Cc1ccc2c(c1)CCC2. The zero-order valence-electron chi connectivity index (χ0n) is 11.1. The molecule has 2 nitrogen and oxygen atoms in total. The van der Waals surface area contributed by atoms with Crippen molar-refractivity contribution in [2.24, 2.45) is 0 Å². The molecule has 0 spiro atoms. The normalized spacial score (nSPS) is 14.3. The Morgan fingerprint density at radius 3 is 2.88 bits per heavy atom. The van der Waals surface area contributed by atoms with Crippen LogP contribution in [0.25, 0.3) is 0 Å². The van der Waals surface area contributed by atoms with Crippen molar-refractivity contribution in [3.05, 3.63) is 34.9 Å². The van der Waals surface area contributed by atoms with Crippen LogP contribution in [0.4, 0.5) is 0 Å². The van der Waals surface area contributed by atoms with Crippen LogP contribution in [0.5, 0.6) is 0 Å². The Morgan fingerprint density at radius 2 is 2.06 bits per heavy atom. The van der Waals surface area contributed by atoms with E-state index in [2.05, 4.69) is 35.5 Å². The maximum absolute atomic E-state index is 3.19. The Bertz CT molecular complexity index is 360. The Hall–Kier alpha value is -0.860. The molecule has 0 aromatic heterocycles. The first-order chi connectivity index (χ1) is 8.29. The van der Waals surface area contributed by atoms with Gasteiger partial charge in [0.2, 0.25) is 0 Å². The summed E-state index contributed by atoms with van der Waals surface area (Å²) in [5, 5.41) is 3.19. The topological polar surface area (TPSA) is 15.3 Å². The quantitative estimate of drug-likeness (QED) is 0.757. The molecule has 0 amide bonds. The molecule has 0 atom stereocenters. The molecule has 17 heavy (non-hydrogen) atoms. The van der Waals surface area contributed by atoms with Gasteiger partial charge in [0.15, 0.2) is 0 Å². The number of nitrogens with zero attached hydrogens (tertiary/aromatic N) is 1. The third-order valence-electron chi connectivity index (χ3n) is 3.58. The van der Waals surface area contributed by atoms with Crippen molar-refractivity contribution >= 4 is 0 Å². The third kappa shape index (κ3) is 3.55. The molecular weight excluding hydrogens is 208 g/mol. The Balaban J connectivity index is 1.86. The molecular formula is C15H24N2. The van der Waals surface area contributed by atoms with Crippen LogP contribution in [0.15, 0.2) is 18.2 Å². The lowest BCUT2D eigenvalue weighted by molar-refractivity contribution is 0.321. The summed E-state index contributed by atoms with van der Waals surface area (Å²) in [6.45, 7) is 3.35. The molecule has 2 rings (SSSR count). The highest BCUT2D eigenvalue weighted by atomic mass is 15.1. The molecule has 94 valence electrons. The molecule has 1 aromatic carbocycles. The van der Waals surface area contributed by atoms with Crippen molar-refractivity contribution in [1.82, 2.24) is 10.2 Å². The molecule has 0 bridgehead atoms. The van der Waals surface area contributed by atoms with Gasteiger partial charge in [-0.25, -0.2) is 0 Å². The lowest BCUT2D eigenvalue weighted by atomic mass is 10.1. The highest BCUT2D eigenvalue weighted by Crippen LogP contribution is 2.23. The van der Waals surface area contributed by atoms with Crippen LogP contribution in [-0.4, -0.2) is 32.1 Å². The first-order valence-corrected chi connectivity index (χ1v) is 6.73. The van der Waals surface area contributed by atoms with E-state index in [1.807, 2.05) is 7.05 Å². The lowest BCUT2D eigenvalue weighted by Gasteiger charge is -2.17. The van der Waals surface area contributed by atoms with Crippen molar-refractivity contribution in [2.45, 2.75) is 32.2 Å². The van der Waals surface area contributed by atoms with Crippen LogP contribution in [0.2, 0.25) is 0 Å². The molecule has 0 saturated heterocycles. The molecule has 1 aliphatic rings. The minimum atomic E-state index is 1.08. The van der Waals surface area contributed by atoms with Gasteiger partial charge in [-0.05, 0) is 69.6 Å². The van der Waals surface area contributed by atoms with Crippen LogP contribution in [0, 0.1) is 0 Å². The van der Waals surface area contributed by atoms with Gasteiger partial charge in [-0.3, -0.25) is 0 Å². The van der Waals surface area contributed by atoms with Crippen LogP contribution in [0.1, 0.15) is 29.5 Å². The summed E-state index contributed by atoms with van der Waals surface area (Å²) in [5.74, 6) is 0. The highest BCUT2D eigenvalue weighted by Gasteiger charge is 2.11. The van der Waals surface area contributed by atoms with Crippen molar-refractivity contribution in [3.8, 4) is 0 Å². The average Bonchev–Trinajstić information content (AvgIpc) is 2.76. The molecule has 1 N–H and O–H groups in total. The van der Waals surface area contributed by atoms with E-state index in [9.17, 15) is 0 Å². The van der Waals surface area contributed by atoms with Gasteiger partial charge in [0.1, 0.15) is 0 Å². The molecule has 0 unspecified atom stereocenters. The molecule has 2 heteroatoms. The summed E-state index contributed by atoms with van der Waals surface area (Å²) in [5.41, 5.74) is 4.63. The van der Waals surface area contributed by atoms with E-state index in [-0.39, 0.29) is 0 Å². The second-order valence-electron chi connectivity index (χ2n) is 5.15. The molecule has 0 radical (unpaired) electrons. The van der Waals surface area contributed by atoms with Gasteiger partial charge < -0.3 is 10.2 Å². The minimum Gasteiger partial charge on any atom is -0.320 e. The summed E-state index contributed by atoms with van der Waals surface area (Å²) in [7, 11) is 4.23. The van der Waals surface area contributed by atoms with Gasteiger partial charge in [-0.2, -0.15) is 0 Å². The predicted octanol–water partition coefficient (Wildman–Crippen LogP) is 2.22. The Kier molecular flexibility index (Phi) is 4.57. The smallest absolute Gasteiger partial charge is 0.0230 e. The molecule has 0 saturated carbocycles. The molecule has 1 aromatic rings. The van der Waals surface area contributed by atoms with Gasteiger partial charge in [-0.15, -0.1) is 0 Å². The number of benzene rings is 1. The fourth-order valence-electron chi connectivity index (χ4n) is 2.64. The van der Waals surface area contributed by atoms with Gasteiger partial charge >= 0.3 is 0 Å². The second-order valence-corrected chi connectivity index (χ2v) is 5.15. The minimum absolute atomic E-state index is 1.08. The molecule has 0 fully saturated rings. The van der Waals surface area contributed by atoms with E-state index in [1.165, 1.54) is 31.2 Å². The number of nitrogens with one attached hydrogen (secondary N) is 1. The van der Waals surface area contributed by atoms with E-state index in [0.717, 1.165) is 19.6 Å². The number of aryl methyl sites for hydroxylation is 2. The fraction of sp³-hybridized carbons (Fsp3) is 0.600. The number of fused-ring (bicyclic) bond motifs is 1. The van der Waals surface area contributed by atoms with Crippen molar-refractivity contribution in [2.75, 3.05) is 27.2 Å². The van der Waals surface area contributed by atoms with E-state index in [4.69, 9.17) is 0 Å². The largest absolute Gasteiger partial charge is 0.320 e. The third-order valence-corrected chi connectivity index (χ3v) is 3.58. The van der Waals surface area contributed by atoms with Gasteiger partial charge in [-0.1, -0.05) is 18.2 Å². The van der Waals surface area contributed by atoms with E-state index < -0.39 is 0 Å². The summed E-state index contributed by atoms with van der Waals surface area (Å²) in [4.78, 5) is 2.41. The monoisotopic (exact) mass is 232 g/mol. The number of rotatable bonds is 6. The van der Waals surface area contributed by atoms with Gasteiger partial charge in [0.25, 0.3) is 0 Å². The average molecular weight is 232 g/mol. The summed E-state index contributed by atoms with van der Waals surface area (Å²) >= 11 is 0. The first kappa shape index (κ1) is 12.6. The highest BCUT2D eigenvalue weighted by molar-refractivity contribution is 5.35. The molecule has 0 aliphatic heterocycles. The van der Waals surface area contributed by atoms with Crippen molar-refractivity contribution in [3.63, 3.8) is 0 Å². The van der Waals surface area contributed by atoms with E-state index in [0.29, 0.717) is 0 Å². The summed E-state index contributed by atoms with van der Waals surface area (Å²) in [6.07, 6.45) is 5.13. The number of hydrogen-bond acceptors (Lipinski definition) is 2. The zero-order valence-corrected chi connectivity index (χ0v) is 11.1. The maximum Gasteiger partial charge on any atom is 0.0230 e.